The van der Waals surface area contributed by atoms with E-state index in [1.54, 1.807) is 38.1 Å². The van der Waals surface area contributed by atoms with Crippen molar-refractivity contribution in [2.45, 2.75) is 27.3 Å². The van der Waals surface area contributed by atoms with E-state index in [9.17, 15) is 9.18 Å². The molecular formula is C17H16FN3O2. The third-order valence-electron chi connectivity index (χ3n) is 3.72. The van der Waals surface area contributed by atoms with Crippen LogP contribution >= 0.6 is 0 Å². The standard InChI is InChI=1S/C17H16FN3O2/c1-10-8-15(16-11(2)20-23-12(16)3)19-21(17(10)22)9-13-6-4-5-7-14(13)18/h4-8H,9H2,1-3H3. The van der Waals surface area contributed by atoms with E-state index in [1.807, 2.05) is 6.92 Å². The summed E-state index contributed by atoms with van der Waals surface area (Å²) in [6.07, 6.45) is 0. The minimum absolute atomic E-state index is 0.0730. The van der Waals surface area contributed by atoms with Gasteiger partial charge in [-0.25, -0.2) is 9.07 Å². The molecule has 6 heteroatoms. The highest BCUT2D eigenvalue weighted by molar-refractivity contribution is 5.63. The lowest BCUT2D eigenvalue weighted by molar-refractivity contribution is 0.393. The second kappa shape index (κ2) is 5.79. The third kappa shape index (κ3) is 2.79. The Bertz CT molecular complexity index is 908. The van der Waals surface area contributed by atoms with Crippen LogP contribution in [0.4, 0.5) is 4.39 Å². The normalized spacial score (nSPS) is 11.0. The van der Waals surface area contributed by atoms with Crippen LogP contribution in [0.25, 0.3) is 11.3 Å². The zero-order valence-electron chi connectivity index (χ0n) is 13.1. The van der Waals surface area contributed by atoms with Gasteiger partial charge in [0.1, 0.15) is 11.6 Å². The first kappa shape index (κ1) is 15.1. The molecule has 23 heavy (non-hydrogen) atoms. The van der Waals surface area contributed by atoms with Gasteiger partial charge in [-0.2, -0.15) is 5.10 Å². The van der Waals surface area contributed by atoms with E-state index in [0.717, 1.165) is 5.56 Å². The van der Waals surface area contributed by atoms with Gasteiger partial charge in [-0.05, 0) is 32.9 Å². The van der Waals surface area contributed by atoms with Crippen molar-refractivity contribution in [1.29, 1.82) is 0 Å². The number of aryl methyl sites for hydroxylation is 3. The monoisotopic (exact) mass is 313 g/mol. The van der Waals surface area contributed by atoms with E-state index in [1.165, 1.54) is 10.7 Å². The predicted octanol–water partition coefficient (Wildman–Crippen LogP) is 3.01. The molecular weight excluding hydrogens is 297 g/mol. The Morgan fingerprint density at radius 2 is 1.96 bits per heavy atom. The highest BCUT2D eigenvalue weighted by Gasteiger charge is 2.16. The van der Waals surface area contributed by atoms with Crippen molar-refractivity contribution in [3.63, 3.8) is 0 Å². The zero-order chi connectivity index (χ0) is 16.6. The molecule has 0 bridgehead atoms. The summed E-state index contributed by atoms with van der Waals surface area (Å²) < 4.78 is 20.3. The molecule has 3 aromatic rings. The summed E-state index contributed by atoms with van der Waals surface area (Å²) in [7, 11) is 0. The summed E-state index contributed by atoms with van der Waals surface area (Å²) in [5, 5.41) is 8.28. The minimum Gasteiger partial charge on any atom is -0.361 e. The van der Waals surface area contributed by atoms with Crippen LogP contribution in [-0.2, 0) is 6.54 Å². The van der Waals surface area contributed by atoms with Gasteiger partial charge in [-0.3, -0.25) is 4.79 Å². The van der Waals surface area contributed by atoms with Crippen molar-refractivity contribution in [2.75, 3.05) is 0 Å². The summed E-state index contributed by atoms with van der Waals surface area (Å²) in [6, 6.07) is 8.05. The van der Waals surface area contributed by atoms with Crippen molar-refractivity contribution in [3.05, 3.63) is 69.1 Å². The van der Waals surface area contributed by atoms with Gasteiger partial charge in [0.05, 0.1) is 23.5 Å². The topological polar surface area (TPSA) is 60.9 Å². The molecule has 3 rings (SSSR count). The highest BCUT2D eigenvalue weighted by atomic mass is 19.1. The lowest BCUT2D eigenvalue weighted by Crippen LogP contribution is -2.26. The molecule has 118 valence electrons. The Morgan fingerprint density at radius 3 is 2.61 bits per heavy atom. The minimum atomic E-state index is -0.360. The molecule has 0 saturated heterocycles. The predicted molar refractivity (Wildman–Crippen MR) is 83.7 cm³/mol. The maximum Gasteiger partial charge on any atom is 0.270 e. The molecule has 0 spiro atoms. The number of rotatable bonds is 3. The van der Waals surface area contributed by atoms with Crippen molar-refractivity contribution < 1.29 is 8.91 Å². The summed E-state index contributed by atoms with van der Waals surface area (Å²) in [6.45, 7) is 5.39. The Hall–Kier alpha value is -2.76. The number of halogens is 1. The molecule has 1 aromatic carbocycles. The van der Waals surface area contributed by atoms with Gasteiger partial charge in [0, 0.05) is 11.1 Å². The number of nitrogens with zero attached hydrogens (tertiary/aromatic N) is 3. The van der Waals surface area contributed by atoms with E-state index < -0.39 is 0 Å². The van der Waals surface area contributed by atoms with E-state index in [2.05, 4.69) is 10.3 Å². The number of hydrogen-bond acceptors (Lipinski definition) is 4. The van der Waals surface area contributed by atoms with Gasteiger partial charge in [-0.1, -0.05) is 23.4 Å². The molecule has 0 aliphatic rings. The molecule has 0 fully saturated rings. The van der Waals surface area contributed by atoms with E-state index in [0.29, 0.717) is 28.3 Å². The first-order valence-electron chi connectivity index (χ1n) is 7.23. The average Bonchev–Trinajstić information content (AvgIpc) is 2.85. The van der Waals surface area contributed by atoms with Crippen LogP contribution in [0.3, 0.4) is 0 Å². The quantitative estimate of drug-likeness (QED) is 0.746. The highest BCUT2D eigenvalue weighted by Crippen LogP contribution is 2.24. The number of aromatic nitrogens is 3. The van der Waals surface area contributed by atoms with Gasteiger partial charge >= 0.3 is 0 Å². The third-order valence-corrected chi connectivity index (χ3v) is 3.72. The fourth-order valence-corrected chi connectivity index (χ4v) is 2.54. The maximum atomic E-state index is 13.8. The fourth-order valence-electron chi connectivity index (χ4n) is 2.54. The molecule has 0 amide bonds. The largest absolute Gasteiger partial charge is 0.361 e. The van der Waals surface area contributed by atoms with Crippen LogP contribution in [0.1, 0.15) is 22.6 Å². The Morgan fingerprint density at radius 1 is 1.22 bits per heavy atom. The van der Waals surface area contributed by atoms with Gasteiger partial charge in [0.2, 0.25) is 0 Å². The summed E-state index contributed by atoms with van der Waals surface area (Å²) >= 11 is 0. The van der Waals surface area contributed by atoms with E-state index >= 15 is 0 Å². The second-order valence-electron chi connectivity index (χ2n) is 5.47. The Kier molecular flexibility index (Phi) is 3.82. The maximum absolute atomic E-state index is 13.8. The Balaban J connectivity index is 2.12. The van der Waals surface area contributed by atoms with Crippen LogP contribution in [0.2, 0.25) is 0 Å². The molecule has 2 aromatic heterocycles. The zero-order valence-corrected chi connectivity index (χ0v) is 13.1. The van der Waals surface area contributed by atoms with Crippen LogP contribution < -0.4 is 5.56 Å². The SMILES string of the molecule is Cc1noc(C)c1-c1cc(C)c(=O)n(Cc2ccccc2F)n1. The molecule has 0 unspecified atom stereocenters. The van der Waals surface area contributed by atoms with Crippen molar-refractivity contribution in [1.82, 2.24) is 14.9 Å². The average molecular weight is 313 g/mol. The van der Waals surface area contributed by atoms with Crippen LogP contribution in [0, 0.1) is 26.6 Å². The van der Waals surface area contributed by atoms with E-state index in [-0.39, 0.29) is 17.9 Å². The van der Waals surface area contributed by atoms with Crippen LogP contribution in [-0.4, -0.2) is 14.9 Å². The Labute approximate surface area is 132 Å². The van der Waals surface area contributed by atoms with Gasteiger partial charge < -0.3 is 4.52 Å². The van der Waals surface area contributed by atoms with Gasteiger partial charge in [-0.15, -0.1) is 0 Å². The van der Waals surface area contributed by atoms with E-state index in [4.69, 9.17) is 4.52 Å². The van der Waals surface area contributed by atoms with Gasteiger partial charge in [0.15, 0.2) is 0 Å². The first-order chi connectivity index (χ1) is 11.0. The lowest BCUT2D eigenvalue weighted by Gasteiger charge is -2.09. The molecule has 0 atom stereocenters. The van der Waals surface area contributed by atoms with Crippen molar-refractivity contribution in [3.8, 4) is 11.3 Å². The van der Waals surface area contributed by atoms with Crippen molar-refractivity contribution in [2.24, 2.45) is 0 Å². The second-order valence-corrected chi connectivity index (χ2v) is 5.47. The molecule has 2 heterocycles. The van der Waals surface area contributed by atoms with Gasteiger partial charge in [0.25, 0.3) is 5.56 Å². The number of hydrogen-bond donors (Lipinski definition) is 0. The molecule has 5 nitrogen and oxygen atoms in total. The smallest absolute Gasteiger partial charge is 0.270 e. The lowest BCUT2D eigenvalue weighted by atomic mass is 10.1. The van der Waals surface area contributed by atoms with Crippen molar-refractivity contribution >= 4 is 0 Å². The molecule has 0 N–H and O–H groups in total. The van der Waals surface area contributed by atoms with Crippen LogP contribution in [0.5, 0.6) is 0 Å². The fraction of sp³-hybridized carbons (Fsp3) is 0.235. The summed E-state index contributed by atoms with van der Waals surface area (Å²) in [5.41, 5.74) is 2.75. The summed E-state index contributed by atoms with van der Waals surface area (Å²) in [4.78, 5) is 12.3. The number of benzene rings is 1. The molecule has 0 saturated carbocycles. The first-order valence-corrected chi connectivity index (χ1v) is 7.23. The molecule has 0 aliphatic carbocycles. The van der Waals surface area contributed by atoms with Crippen LogP contribution in [0.15, 0.2) is 39.6 Å². The summed E-state index contributed by atoms with van der Waals surface area (Å²) in [5.74, 6) is 0.270. The molecule has 0 radical (unpaired) electrons. The molecule has 0 aliphatic heterocycles.